The smallest absolute Gasteiger partial charge is 0.0401 e. The third-order valence-corrected chi connectivity index (χ3v) is 4.36. The molecule has 0 saturated heterocycles. The molecule has 16 heavy (non-hydrogen) atoms. The fourth-order valence-electron chi connectivity index (χ4n) is 3.04. The molecule has 3 atom stereocenters. The van der Waals surface area contributed by atoms with Crippen LogP contribution in [0.1, 0.15) is 52.4 Å². The molecule has 0 radical (unpaired) electrons. The summed E-state index contributed by atoms with van der Waals surface area (Å²) < 4.78 is 0. The Kier molecular flexibility index (Phi) is 3.86. The molecule has 1 nitrogen and oxygen atoms in total. The van der Waals surface area contributed by atoms with Crippen LogP contribution in [0.4, 0.5) is 0 Å². The molecule has 0 aromatic rings. The number of rotatable bonds is 3. The van der Waals surface area contributed by atoms with Gasteiger partial charge in [-0.15, -0.1) is 0 Å². The topological polar surface area (TPSA) is 12.0 Å². The van der Waals surface area contributed by atoms with Gasteiger partial charge < -0.3 is 5.32 Å². The highest BCUT2D eigenvalue weighted by atomic mass is 15.0. The zero-order valence-corrected chi connectivity index (χ0v) is 10.7. The van der Waals surface area contributed by atoms with Gasteiger partial charge in [-0.1, -0.05) is 51.0 Å². The molecule has 0 spiro atoms. The first-order chi connectivity index (χ1) is 7.76. The normalized spacial score (nSPS) is 38.9. The van der Waals surface area contributed by atoms with E-state index in [4.69, 9.17) is 0 Å². The molecule has 2 rings (SSSR count). The summed E-state index contributed by atoms with van der Waals surface area (Å²) in [6, 6.07) is 0.727. The Morgan fingerprint density at radius 3 is 2.69 bits per heavy atom. The minimum Gasteiger partial charge on any atom is -0.305 e. The van der Waals surface area contributed by atoms with Crippen molar-refractivity contribution in [3.8, 4) is 0 Å². The Morgan fingerprint density at radius 2 is 2.06 bits per heavy atom. The van der Waals surface area contributed by atoms with Gasteiger partial charge in [0.25, 0.3) is 0 Å². The Morgan fingerprint density at radius 1 is 1.25 bits per heavy atom. The van der Waals surface area contributed by atoms with E-state index in [2.05, 4.69) is 43.5 Å². The minimum atomic E-state index is 0.241. The standard InChI is InChI=1S/C15H25N/c1-3-15(11-7-4-8-12-15)16-14-10-6-5-9-13(14)2/h4,7-8,11,13-14,16H,3,5-6,9-10,12H2,1-2H3/t13?,14?,15-/m0/s1. The van der Waals surface area contributed by atoms with Gasteiger partial charge in [0.2, 0.25) is 0 Å². The second kappa shape index (κ2) is 5.18. The van der Waals surface area contributed by atoms with Gasteiger partial charge in [-0.05, 0) is 31.6 Å². The molecule has 2 aliphatic carbocycles. The predicted molar refractivity (Wildman–Crippen MR) is 70.5 cm³/mol. The number of hydrogen-bond acceptors (Lipinski definition) is 1. The van der Waals surface area contributed by atoms with Crippen LogP contribution in [0.5, 0.6) is 0 Å². The van der Waals surface area contributed by atoms with Crippen LogP contribution in [-0.4, -0.2) is 11.6 Å². The van der Waals surface area contributed by atoms with Crippen molar-refractivity contribution in [1.82, 2.24) is 5.32 Å². The van der Waals surface area contributed by atoms with Gasteiger partial charge >= 0.3 is 0 Å². The van der Waals surface area contributed by atoms with Crippen LogP contribution in [0.3, 0.4) is 0 Å². The van der Waals surface area contributed by atoms with Gasteiger partial charge in [-0.3, -0.25) is 0 Å². The fourth-order valence-corrected chi connectivity index (χ4v) is 3.04. The van der Waals surface area contributed by atoms with Crippen molar-refractivity contribution >= 4 is 0 Å². The van der Waals surface area contributed by atoms with Gasteiger partial charge in [0.1, 0.15) is 0 Å². The third-order valence-electron chi connectivity index (χ3n) is 4.36. The quantitative estimate of drug-likeness (QED) is 0.761. The van der Waals surface area contributed by atoms with E-state index in [1.807, 2.05) is 0 Å². The van der Waals surface area contributed by atoms with Crippen LogP contribution in [0.15, 0.2) is 24.3 Å². The van der Waals surface area contributed by atoms with Crippen LogP contribution in [0.25, 0.3) is 0 Å². The van der Waals surface area contributed by atoms with Crippen molar-refractivity contribution in [3.63, 3.8) is 0 Å². The highest BCUT2D eigenvalue weighted by Crippen LogP contribution is 2.29. The van der Waals surface area contributed by atoms with Crippen molar-refractivity contribution in [2.75, 3.05) is 0 Å². The van der Waals surface area contributed by atoms with Crippen molar-refractivity contribution < 1.29 is 0 Å². The molecule has 0 amide bonds. The first-order valence-electron chi connectivity index (χ1n) is 6.88. The highest BCUT2D eigenvalue weighted by molar-refractivity contribution is 5.21. The molecular weight excluding hydrogens is 194 g/mol. The predicted octanol–water partition coefficient (Wildman–Crippen LogP) is 3.82. The number of allylic oxidation sites excluding steroid dienone is 2. The molecular formula is C15H25N. The molecule has 2 aliphatic rings. The summed E-state index contributed by atoms with van der Waals surface area (Å²) >= 11 is 0. The van der Waals surface area contributed by atoms with Crippen molar-refractivity contribution in [3.05, 3.63) is 24.3 Å². The van der Waals surface area contributed by atoms with Crippen molar-refractivity contribution in [1.29, 1.82) is 0 Å². The maximum atomic E-state index is 3.93. The zero-order chi connectivity index (χ0) is 11.4. The summed E-state index contributed by atoms with van der Waals surface area (Å²) in [5, 5.41) is 3.93. The van der Waals surface area contributed by atoms with Gasteiger partial charge in [-0.2, -0.15) is 0 Å². The monoisotopic (exact) mass is 219 g/mol. The summed E-state index contributed by atoms with van der Waals surface area (Å²) in [6.07, 6.45) is 17.0. The molecule has 90 valence electrons. The molecule has 1 saturated carbocycles. The lowest BCUT2D eigenvalue weighted by Gasteiger charge is -2.40. The van der Waals surface area contributed by atoms with E-state index in [0.717, 1.165) is 18.4 Å². The van der Waals surface area contributed by atoms with E-state index in [-0.39, 0.29) is 5.54 Å². The molecule has 0 bridgehead atoms. The second-order valence-electron chi connectivity index (χ2n) is 5.51. The SMILES string of the molecule is CC[C@]1(NC2CCCCC2C)C=CC=CC1. The highest BCUT2D eigenvalue weighted by Gasteiger charge is 2.31. The van der Waals surface area contributed by atoms with Gasteiger partial charge in [0.15, 0.2) is 0 Å². The summed E-state index contributed by atoms with van der Waals surface area (Å²) in [7, 11) is 0. The Labute approximate surface area is 100 Å². The Hall–Kier alpha value is -0.560. The molecule has 1 N–H and O–H groups in total. The summed E-state index contributed by atoms with van der Waals surface area (Å²) in [6.45, 7) is 4.70. The summed E-state index contributed by atoms with van der Waals surface area (Å²) in [4.78, 5) is 0. The van der Waals surface area contributed by atoms with E-state index in [9.17, 15) is 0 Å². The maximum absolute atomic E-state index is 3.93. The lowest BCUT2D eigenvalue weighted by molar-refractivity contribution is 0.224. The van der Waals surface area contributed by atoms with E-state index in [0.29, 0.717) is 0 Å². The van der Waals surface area contributed by atoms with E-state index in [1.165, 1.54) is 32.1 Å². The Balaban J connectivity index is 2.00. The van der Waals surface area contributed by atoms with Crippen molar-refractivity contribution in [2.24, 2.45) is 5.92 Å². The minimum absolute atomic E-state index is 0.241. The molecule has 0 aliphatic heterocycles. The third kappa shape index (κ3) is 2.57. The maximum Gasteiger partial charge on any atom is 0.0401 e. The lowest BCUT2D eigenvalue weighted by Crippen LogP contribution is -2.51. The van der Waals surface area contributed by atoms with Crippen LogP contribution in [0.2, 0.25) is 0 Å². The van der Waals surface area contributed by atoms with Crippen LogP contribution >= 0.6 is 0 Å². The van der Waals surface area contributed by atoms with Gasteiger partial charge in [-0.25, -0.2) is 0 Å². The number of hydrogen-bond donors (Lipinski definition) is 1. The Bertz CT molecular complexity index is 279. The average molecular weight is 219 g/mol. The molecule has 2 unspecified atom stereocenters. The zero-order valence-electron chi connectivity index (χ0n) is 10.7. The molecule has 1 fully saturated rings. The molecule has 1 heteroatoms. The van der Waals surface area contributed by atoms with Crippen molar-refractivity contribution in [2.45, 2.75) is 64.0 Å². The largest absolute Gasteiger partial charge is 0.305 e. The number of nitrogens with one attached hydrogen (secondary N) is 1. The fraction of sp³-hybridized carbons (Fsp3) is 0.733. The molecule has 0 aromatic heterocycles. The summed E-state index contributed by atoms with van der Waals surface area (Å²) in [5.41, 5.74) is 0.241. The summed E-state index contributed by atoms with van der Waals surface area (Å²) in [5.74, 6) is 0.844. The van der Waals surface area contributed by atoms with E-state index >= 15 is 0 Å². The lowest BCUT2D eigenvalue weighted by atomic mass is 9.81. The molecule has 0 heterocycles. The average Bonchev–Trinajstić information content (AvgIpc) is 2.33. The van der Waals surface area contributed by atoms with Crippen LogP contribution in [0, 0.1) is 5.92 Å². The first kappa shape index (κ1) is 11.9. The van der Waals surface area contributed by atoms with Gasteiger partial charge in [0.05, 0.1) is 0 Å². The van der Waals surface area contributed by atoms with E-state index < -0.39 is 0 Å². The van der Waals surface area contributed by atoms with Crippen LogP contribution in [-0.2, 0) is 0 Å². The van der Waals surface area contributed by atoms with Crippen LogP contribution < -0.4 is 5.32 Å². The van der Waals surface area contributed by atoms with E-state index in [1.54, 1.807) is 0 Å². The van der Waals surface area contributed by atoms with Gasteiger partial charge in [0, 0.05) is 11.6 Å². The second-order valence-corrected chi connectivity index (χ2v) is 5.51. The first-order valence-corrected chi connectivity index (χ1v) is 6.88. The molecule has 0 aromatic carbocycles.